The molecule has 0 amide bonds. The maximum atomic E-state index is 8.60. The molecule has 0 spiro atoms. The molecule has 0 heterocycles. The Morgan fingerprint density at radius 3 is 2.38 bits per heavy atom. The average molecular weight is 115 g/mol. The molecule has 1 aliphatic carbocycles. The van der Waals surface area contributed by atoms with Crippen LogP contribution in [0.4, 0.5) is 0 Å². The second-order valence-electron chi connectivity index (χ2n) is 2.71. The Kier molecular flexibility index (Phi) is 1.54. The van der Waals surface area contributed by atoms with Crippen LogP contribution < -0.4 is 0 Å². The summed E-state index contributed by atoms with van der Waals surface area (Å²) >= 11 is 0. The van der Waals surface area contributed by atoms with Crippen LogP contribution in [0.15, 0.2) is 0 Å². The highest BCUT2D eigenvalue weighted by molar-refractivity contribution is 4.91. The average Bonchev–Trinajstić information content (AvgIpc) is 2.42. The van der Waals surface area contributed by atoms with Crippen LogP contribution in [0.3, 0.4) is 0 Å². The summed E-state index contributed by atoms with van der Waals surface area (Å²) in [4.78, 5) is 2.17. The minimum Gasteiger partial charge on any atom is -0.396 e. The molecule has 1 fully saturated rings. The van der Waals surface area contributed by atoms with Gasteiger partial charge in [-0.15, -0.1) is 0 Å². The number of nitrogens with zero attached hydrogens (tertiary/aromatic N) is 1. The molecule has 2 atom stereocenters. The standard InChI is InChI=1S/C6H13NO/c1-7(2)6-3-5(6)4-8/h5-6,8H,3-4H2,1-2H3/t5-,6-/m0/s1. The van der Waals surface area contributed by atoms with Gasteiger partial charge in [0, 0.05) is 12.6 Å². The SMILES string of the molecule is CN(C)[C@H]1C[C@H]1CO. The highest BCUT2D eigenvalue weighted by atomic mass is 16.3. The zero-order valence-electron chi connectivity index (χ0n) is 5.46. The molecular formula is C6H13NO. The number of aliphatic hydroxyl groups excluding tert-OH is 1. The molecule has 0 radical (unpaired) electrons. The maximum Gasteiger partial charge on any atom is 0.0474 e. The molecule has 8 heavy (non-hydrogen) atoms. The molecule has 0 aromatic carbocycles. The minimum absolute atomic E-state index is 0.364. The van der Waals surface area contributed by atoms with Gasteiger partial charge in [-0.1, -0.05) is 0 Å². The van der Waals surface area contributed by atoms with E-state index in [2.05, 4.69) is 19.0 Å². The van der Waals surface area contributed by atoms with Crippen molar-refractivity contribution in [2.24, 2.45) is 5.92 Å². The largest absolute Gasteiger partial charge is 0.396 e. The van der Waals surface area contributed by atoms with Crippen LogP contribution in [0.5, 0.6) is 0 Å². The van der Waals surface area contributed by atoms with Crippen molar-refractivity contribution in [1.82, 2.24) is 4.90 Å². The van der Waals surface area contributed by atoms with E-state index >= 15 is 0 Å². The molecule has 0 unspecified atom stereocenters. The van der Waals surface area contributed by atoms with E-state index in [-0.39, 0.29) is 0 Å². The maximum absolute atomic E-state index is 8.60. The van der Waals surface area contributed by atoms with Crippen LogP contribution in [0.25, 0.3) is 0 Å². The van der Waals surface area contributed by atoms with Gasteiger partial charge in [0.1, 0.15) is 0 Å². The fraction of sp³-hybridized carbons (Fsp3) is 1.00. The minimum atomic E-state index is 0.364. The molecule has 2 heteroatoms. The highest BCUT2D eigenvalue weighted by Gasteiger charge is 2.37. The summed E-state index contributed by atoms with van der Waals surface area (Å²) in [6, 6.07) is 0.667. The first kappa shape index (κ1) is 6.05. The van der Waals surface area contributed by atoms with Crippen LogP contribution in [-0.2, 0) is 0 Å². The summed E-state index contributed by atoms with van der Waals surface area (Å²) in [5.74, 6) is 0.574. The second kappa shape index (κ2) is 2.03. The Morgan fingerprint density at radius 2 is 2.25 bits per heavy atom. The summed E-state index contributed by atoms with van der Waals surface area (Å²) in [6.07, 6.45) is 1.18. The lowest BCUT2D eigenvalue weighted by atomic mass is 10.4. The van der Waals surface area contributed by atoms with Crippen molar-refractivity contribution in [2.45, 2.75) is 12.5 Å². The van der Waals surface area contributed by atoms with Crippen molar-refractivity contribution >= 4 is 0 Å². The van der Waals surface area contributed by atoms with Crippen molar-refractivity contribution in [1.29, 1.82) is 0 Å². The van der Waals surface area contributed by atoms with E-state index in [1.165, 1.54) is 6.42 Å². The molecule has 0 saturated heterocycles. The summed E-state index contributed by atoms with van der Waals surface area (Å²) in [7, 11) is 4.11. The smallest absolute Gasteiger partial charge is 0.0474 e. The second-order valence-corrected chi connectivity index (χ2v) is 2.71. The van der Waals surface area contributed by atoms with Crippen molar-refractivity contribution in [3.05, 3.63) is 0 Å². The molecule has 1 saturated carbocycles. The summed E-state index contributed by atoms with van der Waals surface area (Å²) in [5.41, 5.74) is 0. The topological polar surface area (TPSA) is 23.5 Å². The zero-order valence-corrected chi connectivity index (χ0v) is 5.46. The Hall–Kier alpha value is -0.0800. The highest BCUT2D eigenvalue weighted by Crippen LogP contribution is 2.32. The monoisotopic (exact) mass is 115 g/mol. The zero-order chi connectivity index (χ0) is 6.15. The number of hydrogen-bond acceptors (Lipinski definition) is 2. The van der Waals surface area contributed by atoms with E-state index < -0.39 is 0 Å². The molecule has 1 rings (SSSR count). The third-order valence-electron chi connectivity index (χ3n) is 1.78. The summed E-state index contributed by atoms with van der Waals surface area (Å²) < 4.78 is 0. The van der Waals surface area contributed by atoms with Crippen LogP contribution in [-0.4, -0.2) is 36.8 Å². The normalized spacial score (nSPS) is 36.0. The molecule has 0 aromatic rings. The first-order chi connectivity index (χ1) is 3.75. The van der Waals surface area contributed by atoms with Gasteiger partial charge in [-0.2, -0.15) is 0 Å². The fourth-order valence-electron chi connectivity index (χ4n) is 1.06. The lowest BCUT2D eigenvalue weighted by Crippen LogP contribution is -2.16. The molecule has 0 aliphatic heterocycles. The van der Waals surface area contributed by atoms with Crippen LogP contribution >= 0.6 is 0 Å². The van der Waals surface area contributed by atoms with Gasteiger partial charge in [0.05, 0.1) is 0 Å². The molecule has 0 bridgehead atoms. The Balaban J connectivity index is 2.16. The van der Waals surface area contributed by atoms with Crippen molar-refractivity contribution in [2.75, 3.05) is 20.7 Å². The van der Waals surface area contributed by atoms with E-state index in [0.717, 1.165) is 0 Å². The van der Waals surface area contributed by atoms with Gasteiger partial charge in [0.25, 0.3) is 0 Å². The van der Waals surface area contributed by atoms with Gasteiger partial charge in [0.2, 0.25) is 0 Å². The number of aliphatic hydroxyl groups is 1. The van der Waals surface area contributed by atoms with Crippen molar-refractivity contribution in [3.63, 3.8) is 0 Å². The quantitative estimate of drug-likeness (QED) is 0.544. The Labute approximate surface area is 50.1 Å². The lowest BCUT2D eigenvalue weighted by molar-refractivity contribution is 0.253. The molecular weight excluding hydrogens is 102 g/mol. The molecule has 1 aliphatic rings. The molecule has 48 valence electrons. The lowest BCUT2D eigenvalue weighted by Gasteiger charge is -2.06. The van der Waals surface area contributed by atoms with Gasteiger partial charge in [-0.3, -0.25) is 0 Å². The predicted octanol–water partition coefficient (Wildman–Crippen LogP) is -0.0712. The predicted molar refractivity (Wildman–Crippen MR) is 32.7 cm³/mol. The van der Waals surface area contributed by atoms with Gasteiger partial charge in [-0.05, 0) is 26.4 Å². The van der Waals surface area contributed by atoms with Crippen molar-refractivity contribution < 1.29 is 5.11 Å². The van der Waals surface area contributed by atoms with Crippen LogP contribution in [0.1, 0.15) is 6.42 Å². The first-order valence-electron chi connectivity index (χ1n) is 3.03. The van der Waals surface area contributed by atoms with E-state index in [1.54, 1.807) is 0 Å². The Morgan fingerprint density at radius 1 is 1.62 bits per heavy atom. The number of rotatable bonds is 2. The van der Waals surface area contributed by atoms with Gasteiger partial charge >= 0.3 is 0 Å². The molecule has 0 aromatic heterocycles. The third kappa shape index (κ3) is 1.01. The third-order valence-corrected chi connectivity index (χ3v) is 1.78. The van der Waals surface area contributed by atoms with E-state index in [9.17, 15) is 0 Å². The van der Waals surface area contributed by atoms with E-state index in [0.29, 0.717) is 18.6 Å². The van der Waals surface area contributed by atoms with Gasteiger partial charge in [-0.25, -0.2) is 0 Å². The van der Waals surface area contributed by atoms with E-state index in [4.69, 9.17) is 5.11 Å². The molecule has 2 nitrogen and oxygen atoms in total. The van der Waals surface area contributed by atoms with Crippen LogP contribution in [0.2, 0.25) is 0 Å². The van der Waals surface area contributed by atoms with E-state index in [1.807, 2.05) is 0 Å². The van der Waals surface area contributed by atoms with Crippen molar-refractivity contribution in [3.8, 4) is 0 Å². The van der Waals surface area contributed by atoms with Gasteiger partial charge < -0.3 is 10.0 Å². The fourth-order valence-corrected chi connectivity index (χ4v) is 1.06. The Bertz CT molecular complexity index is 82.6. The van der Waals surface area contributed by atoms with Gasteiger partial charge in [0.15, 0.2) is 0 Å². The molecule has 1 N–H and O–H groups in total. The summed E-state index contributed by atoms with van der Waals surface area (Å²) in [5, 5.41) is 8.60. The first-order valence-corrected chi connectivity index (χ1v) is 3.03. The van der Waals surface area contributed by atoms with Crippen LogP contribution in [0, 0.1) is 5.92 Å². The summed E-state index contributed by atoms with van der Waals surface area (Å²) in [6.45, 7) is 0.364. The number of hydrogen-bond donors (Lipinski definition) is 1.